The summed E-state index contributed by atoms with van der Waals surface area (Å²) in [5, 5.41) is 5.20. The molecular weight excluding hydrogens is 480 g/mol. The highest BCUT2D eigenvalue weighted by Crippen LogP contribution is 2.43. The van der Waals surface area contributed by atoms with Crippen molar-refractivity contribution in [2.45, 2.75) is 25.2 Å². The Morgan fingerprint density at radius 1 is 0.789 bits per heavy atom. The number of para-hydroxylation sites is 1. The first-order chi connectivity index (χ1) is 18.8. The topological polar surface area (TPSA) is 17.8 Å². The van der Waals surface area contributed by atoms with Gasteiger partial charge in [0.2, 0.25) is 0 Å². The Kier molecular flexibility index (Phi) is 4.99. The highest BCUT2D eigenvalue weighted by atomic mass is 32.1. The lowest BCUT2D eigenvalue weighted by Gasteiger charge is -2.18. The van der Waals surface area contributed by atoms with E-state index >= 15 is 0 Å². The monoisotopic (exact) mass is 506 g/mol. The molecule has 182 valence electrons. The Morgan fingerprint density at radius 3 is 2.53 bits per heavy atom. The average Bonchev–Trinajstić information content (AvgIpc) is 3.54. The van der Waals surface area contributed by atoms with Gasteiger partial charge in [-0.3, -0.25) is 4.57 Å². The number of hydrogen-bond acceptors (Lipinski definition) is 2. The Hall–Kier alpha value is -4.21. The van der Waals surface area contributed by atoms with Gasteiger partial charge in [0.05, 0.1) is 21.4 Å². The highest BCUT2D eigenvalue weighted by molar-refractivity contribution is 7.26. The molecule has 3 aromatic carbocycles. The Bertz CT molecular complexity index is 2010. The van der Waals surface area contributed by atoms with Crippen molar-refractivity contribution in [2.24, 2.45) is 0 Å². The summed E-state index contributed by atoms with van der Waals surface area (Å²) in [6.45, 7) is 0. The first kappa shape index (κ1) is 21.8. The number of aromatic nitrogens is 2. The highest BCUT2D eigenvalue weighted by Gasteiger charge is 2.21. The van der Waals surface area contributed by atoms with E-state index in [2.05, 4.69) is 120 Å². The van der Waals surface area contributed by atoms with E-state index in [1.54, 1.807) is 0 Å². The quantitative estimate of drug-likeness (QED) is 0.233. The molecule has 0 N–H and O–H groups in total. The molecule has 38 heavy (non-hydrogen) atoms. The smallest absolute Gasteiger partial charge is 0.138 e. The van der Waals surface area contributed by atoms with E-state index in [1.165, 1.54) is 53.1 Å². The number of allylic oxidation sites excluding steroid dienone is 8. The maximum atomic E-state index is 5.39. The van der Waals surface area contributed by atoms with E-state index in [0.717, 1.165) is 30.8 Å². The maximum absolute atomic E-state index is 5.39. The molecule has 3 heteroatoms. The van der Waals surface area contributed by atoms with Crippen LogP contribution in [0.2, 0.25) is 0 Å². The average molecular weight is 507 g/mol. The van der Waals surface area contributed by atoms with Crippen LogP contribution in [0.5, 0.6) is 0 Å². The minimum absolute atomic E-state index is 0.282. The minimum atomic E-state index is 0.282. The summed E-state index contributed by atoms with van der Waals surface area (Å²) < 4.78 is 5.07. The molecule has 2 nitrogen and oxygen atoms in total. The van der Waals surface area contributed by atoms with Crippen molar-refractivity contribution in [1.82, 2.24) is 9.55 Å². The van der Waals surface area contributed by atoms with Gasteiger partial charge in [0.25, 0.3) is 0 Å². The molecule has 0 radical (unpaired) electrons. The number of benzene rings is 3. The zero-order valence-corrected chi connectivity index (χ0v) is 21.8. The largest absolute Gasteiger partial charge is 0.292 e. The van der Waals surface area contributed by atoms with Crippen molar-refractivity contribution in [3.63, 3.8) is 0 Å². The molecule has 6 aromatic rings. The van der Waals surface area contributed by atoms with Crippen molar-refractivity contribution in [3.05, 3.63) is 127 Å². The Labute approximate surface area is 225 Å². The molecule has 0 saturated carbocycles. The molecule has 1 atom stereocenters. The minimum Gasteiger partial charge on any atom is -0.292 e. The molecule has 0 bridgehead atoms. The molecule has 8 rings (SSSR count). The van der Waals surface area contributed by atoms with Gasteiger partial charge in [-0.15, -0.1) is 11.3 Å². The molecule has 0 aliphatic heterocycles. The number of rotatable bonds is 3. The van der Waals surface area contributed by atoms with E-state index in [9.17, 15) is 0 Å². The van der Waals surface area contributed by atoms with Crippen LogP contribution in [0.3, 0.4) is 0 Å². The van der Waals surface area contributed by atoms with Gasteiger partial charge in [-0.25, -0.2) is 4.98 Å². The third-order valence-electron chi connectivity index (χ3n) is 7.93. The summed E-state index contributed by atoms with van der Waals surface area (Å²) in [6, 6.07) is 26.8. The fourth-order valence-electron chi connectivity index (χ4n) is 6.10. The van der Waals surface area contributed by atoms with E-state index in [0.29, 0.717) is 0 Å². The van der Waals surface area contributed by atoms with E-state index in [1.807, 2.05) is 11.3 Å². The summed E-state index contributed by atoms with van der Waals surface area (Å²) in [5.74, 6) is 1.28. The zero-order chi connectivity index (χ0) is 25.1. The van der Waals surface area contributed by atoms with Gasteiger partial charge in [-0.05, 0) is 54.7 Å². The van der Waals surface area contributed by atoms with E-state index in [4.69, 9.17) is 4.98 Å². The van der Waals surface area contributed by atoms with Crippen molar-refractivity contribution in [2.75, 3.05) is 0 Å². The first-order valence-electron chi connectivity index (χ1n) is 13.4. The molecule has 0 saturated heterocycles. The van der Waals surface area contributed by atoms with Gasteiger partial charge in [-0.2, -0.15) is 0 Å². The first-order valence-corrected chi connectivity index (χ1v) is 14.2. The maximum Gasteiger partial charge on any atom is 0.138 e. The predicted octanol–water partition coefficient (Wildman–Crippen LogP) is 9.88. The number of thiophene rings is 1. The van der Waals surface area contributed by atoms with Gasteiger partial charge >= 0.3 is 0 Å². The van der Waals surface area contributed by atoms with Crippen LogP contribution in [-0.2, 0) is 0 Å². The number of hydrogen-bond donors (Lipinski definition) is 0. The van der Waals surface area contributed by atoms with Gasteiger partial charge in [-0.1, -0.05) is 91.1 Å². The summed E-state index contributed by atoms with van der Waals surface area (Å²) in [4.78, 5) is 5.39. The molecule has 2 aliphatic carbocycles. The molecule has 3 heterocycles. The van der Waals surface area contributed by atoms with Crippen molar-refractivity contribution in [1.29, 1.82) is 0 Å². The second-order valence-corrected chi connectivity index (χ2v) is 11.3. The predicted molar refractivity (Wildman–Crippen MR) is 163 cm³/mol. The molecule has 3 aromatic heterocycles. The van der Waals surface area contributed by atoms with Crippen molar-refractivity contribution in [3.8, 4) is 5.82 Å². The second-order valence-electron chi connectivity index (χ2n) is 10.2. The fourth-order valence-corrected chi connectivity index (χ4v) is 7.34. The SMILES string of the molecule is C1=CCC(c2cc(C3=CCCC=C3)cc(-n3c4ccccc4c4ccc5c6ccccc6sc5c43)n2)C=C1. The van der Waals surface area contributed by atoms with E-state index in [-0.39, 0.29) is 5.92 Å². The third-order valence-corrected chi connectivity index (χ3v) is 9.12. The lowest BCUT2D eigenvalue weighted by atomic mass is 9.93. The van der Waals surface area contributed by atoms with E-state index < -0.39 is 0 Å². The summed E-state index contributed by atoms with van der Waals surface area (Å²) in [6.07, 6.45) is 19.0. The number of pyridine rings is 1. The lowest BCUT2D eigenvalue weighted by Crippen LogP contribution is -2.06. The van der Waals surface area contributed by atoms with Crippen LogP contribution >= 0.6 is 11.3 Å². The van der Waals surface area contributed by atoms with Crippen LogP contribution in [-0.4, -0.2) is 9.55 Å². The summed E-state index contributed by atoms with van der Waals surface area (Å²) >= 11 is 1.89. The summed E-state index contributed by atoms with van der Waals surface area (Å²) in [7, 11) is 0. The van der Waals surface area contributed by atoms with Gasteiger partial charge < -0.3 is 0 Å². The van der Waals surface area contributed by atoms with Crippen LogP contribution in [0.25, 0.3) is 53.4 Å². The van der Waals surface area contributed by atoms with Crippen LogP contribution in [0.1, 0.15) is 36.4 Å². The zero-order valence-electron chi connectivity index (χ0n) is 21.0. The third kappa shape index (κ3) is 3.35. The molecule has 0 spiro atoms. The van der Waals surface area contributed by atoms with Gasteiger partial charge in [0.1, 0.15) is 5.82 Å². The summed E-state index contributed by atoms with van der Waals surface area (Å²) in [5.41, 5.74) is 6.14. The van der Waals surface area contributed by atoms with Crippen LogP contribution < -0.4 is 0 Å². The molecule has 0 amide bonds. The van der Waals surface area contributed by atoms with Crippen LogP contribution in [0.15, 0.2) is 115 Å². The van der Waals surface area contributed by atoms with Gasteiger partial charge in [0, 0.05) is 32.2 Å². The normalized spacial score (nSPS) is 17.3. The van der Waals surface area contributed by atoms with Crippen molar-refractivity contribution >= 4 is 58.9 Å². The standard InChI is InChI=1S/C35H26N2S/c1-3-11-23(12-4-1)25-21-30(24-13-5-2-6-14-24)36-33(22-25)37-31-17-9-7-15-26(31)28-19-20-29-27-16-8-10-18-32(27)38-35(29)34(28)37/h2-3,5-13,15-22,24H,1,4,14H2. The lowest BCUT2D eigenvalue weighted by molar-refractivity contribution is 0.808. The number of nitrogens with zero attached hydrogens (tertiary/aromatic N) is 2. The molecular formula is C35H26N2S. The molecule has 0 fully saturated rings. The molecule has 2 aliphatic rings. The van der Waals surface area contributed by atoms with Crippen LogP contribution in [0, 0.1) is 0 Å². The number of fused-ring (bicyclic) bond motifs is 7. The second kappa shape index (κ2) is 8.68. The fraction of sp³-hybridized carbons (Fsp3) is 0.114. The van der Waals surface area contributed by atoms with Crippen LogP contribution in [0.4, 0.5) is 0 Å². The Balaban J connectivity index is 1.48. The molecule has 1 unspecified atom stereocenters. The Morgan fingerprint density at radius 2 is 1.66 bits per heavy atom. The van der Waals surface area contributed by atoms with Gasteiger partial charge in [0.15, 0.2) is 0 Å². The van der Waals surface area contributed by atoms with Crippen molar-refractivity contribution < 1.29 is 0 Å².